The lowest BCUT2D eigenvalue weighted by molar-refractivity contribution is 0.444. The molecule has 10 rings (SSSR count). The van der Waals surface area contributed by atoms with Crippen molar-refractivity contribution in [3.8, 4) is 39.1 Å². The molecule has 0 unspecified atom stereocenters. The van der Waals surface area contributed by atoms with Gasteiger partial charge in [-0.05, 0) is 89.0 Å². The quantitative estimate of drug-likeness (QED) is 0.152. The summed E-state index contributed by atoms with van der Waals surface area (Å²) >= 11 is 0. The monoisotopic (exact) mass is 720 g/mol. The molecular formula is C54H44N2. The highest BCUT2D eigenvalue weighted by molar-refractivity contribution is 6.11. The Kier molecular flexibility index (Phi) is 9.01. The van der Waals surface area contributed by atoms with E-state index in [1.807, 2.05) is 0 Å². The second-order valence-electron chi connectivity index (χ2n) is 15.1. The van der Waals surface area contributed by atoms with E-state index >= 15 is 0 Å². The molecule has 1 aliphatic rings. The Hall–Kier alpha value is -6.64. The van der Waals surface area contributed by atoms with Crippen LogP contribution >= 0.6 is 0 Å². The fourth-order valence-electron chi connectivity index (χ4n) is 9.17. The Morgan fingerprint density at radius 3 is 1.75 bits per heavy atom. The maximum absolute atomic E-state index is 2.54. The van der Waals surface area contributed by atoms with Gasteiger partial charge in [0.25, 0.3) is 0 Å². The van der Waals surface area contributed by atoms with Crippen molar-refractivity contribution in [1.29, 1.82) is 0 Å². The van der Waals surface area contributed by atoms with Crippen LogP contribution < -0.4 is 4.90 Å². The normalized spacial score (nSPS) is 13.3. The van der Waals surface area contributed by atoms with E-state index in [1.54, 1.807) is 0 Å². The predicted octanol–water partition coefficient (Wildman–Crippen LogP) is 15.3. The zero-order chi connectivity index (χ0) is 37.3. The lowest BCUT2D eigenvalue weighted by atomic mass is 9.80. The molecule has 0 aliphatic heterocycles. The number of fused-ring (bicyclic) bond motifs is 3. The molecule has 0 bridgehead atoms. The van der Waals surface area contributed by atoms with Crippen molar-refractivity contribution in [3.63, 3.8) is 0 Å². The Labute approximate surface area is 330 Å². The fourth-order valence-corrected chi connectivity index (χ4v) is 9.17. The molecule has 56 heavy (non-hydrogen) atoms. The zero-order valence-corrected chi connectivity index (χ0v) is 31.6. The van der Waals surface area contributed by atoms with Crippen molar-refractivity contribution in [3.05, 3.63) is 206 Å². The van der Waals surface area contributed by atoms with Crippen LogP contribution in [0.25, 0.3) is 60.9 Å². The summed E-state index contributed by atoms with van der Waals surface area (Å²) in [4.78, 5) is 2.44. The highest BCUT2D eigenvalue weighted by atomic mass is 15.1. The van der Waals surface area contributed by atoms with Gasteiger partial charge < -0.3 is 9.47 Å². The van der Waals surface area contributed by atoms with Crippen molar-refractivity contribution >= 4 is 38.9 Å². The Morgan fingerprint density at radius 2 is 1.00 bits per heavy atom. The SMILES string of the molecule is c1ccc(-c2ccc(N(c3ccc4c5ccccc5n(-c5cccc(C6CCCCC6)c5-c5ccccc5)c4c3)c3ccccc3-c3ccccc3)cc2)cc1. The van der Waals surface area contributed by atoms with Crippen LogP contribution in [0.5, 0.6) is 0 Å². The summed E-state index contributed by atoms with van der Waals surface area (Å²) < 4.78 is 2.54. The molecule has 8 aromatic carbocycles. The molecule has 0 amide bonds. The maximum atomic E-state index is 2.54. The summed E-state index contributed by atoms with van der Waals surface area (Å²) in [5, 5.41) is 2.52. The Bertz CT molecular complexity index is 2760. The van der Waals surface area contributed by atoms with Gasteiger partial charge in [0.1, 0.15) is 0 Å². The number of anilines is 3. The third-order valence-corrected chi connectivity index (χ3v) is 11.8. The van der Waals surface area contributed by atoms with E-state index in [1.165, 1.54) is 98.5 Å². The van der Waals surface area contributed by atoms with E-state index in [-0.39, 0.29) is 0 Å². The van der Waals surface area contributed by atoms with E-state index in [9.17, 15) is 0 Å². The van der Waals surface area contributed by atoms with Crippen LogP contribution in [0.15, 0.2) is 200 Å². The van der Waals surface area contributed by atoms with Gasteiger partial charge >= 0.3 is 0 Å². The number of aromatic nitrogens is 1. The van der Waals surface area contributed by atoms with Gasteiger partial charge in [0.05, 0.1) is 22.4 Å². The van der Waals surface area contributed by atoms with Crippen LogP contribution in [-0.2, 0) is 0 Å². The highest BCUT2D eigenvalue weighted by Crippen LogP contribution is 2.46. The van der Waals surface area contributed by atoms with E-state index < -0.39 is 0 Å². The smallest absolute Gasteiger partial charge is 0.0562 e. The molecule has 1 saturated carbocycles. The number of para-hydroxylation sites is 2. The van der Waals surface area contributed by atoms with Gasteiger partial charge in [-0.25, -0.2) is 0 Å². The van der Waals surface area contributed by atoms with Gasteiger partial charge in [-0.3, -0.25) is 0 Å². The number of nitrogens with zero attached hydrogens (tertiary/aromatic N) is 2. The van der Waals surface area contributed by atoms with Crippen molar-refractivity contribution in [2.75, 3.05) is 4.90 Å². The van der Waals surface area contributed by atoms with Gasteiger partial charge in [0.2, 0.25) is 0 Å². The third-order valence-electron chi connectivity index (χ3n) is 11.8. The zero-order valence-electron chi connectivity index (χ0n) is 31.6. The van der Waals surface area contributed by atoms with E-state index in [0.717, 1.165) is 17.1 Å². The first-order valence-electron chi connectivity index (χ1n) is 20.1. The highest BCUT2D eigenvalue weighted by Gasteiger charge is 2.25. The topological polar surface area (TPSA) is 8.17 Å². The summed E-state index contributed by atoms with van der Waals surface area (Å²) in [6.45, 7) is 0. The van der Waals surface area contributed by atoms with E-state index in [4.69, 9.17) is 0 Å². The maximum Gasteiger partial charge on any atom is 0.0562 e. The van der Waals surface area contributed by atoms with Crippen LogP contribution in [-0.4, -0.2) is 4.57 Å². The summed E-state index contributed by atoms with van der Waals surface area (Å²) in [7, 11) is 0. The second kappa shape index (κ2) is 14.9. The van der Waals surface area contributed by atoms with Gasteiger partial charge in [-0.15, -0.1) is 0 Å². The minimum Gasteiger partial charge on any atom is -0.310 e. The molecule has 2 heteroatoms. The van der Waals surface area contributed by atoms with Crippen LogP contribution in [0.1, 0.15) is 43.6 Å². The molecule has 2 nitrogen and oxygen atoms in total. The first kappa shape index (κ1) is 33.9. The summed E-state index contributed by atoms with van der Waals surface area (Å²) in [6.07, 6.45) is 6.44. The molecule has 9 aromatic rings. The largest absolute Gasteiger partial charge is 0.310 e. The van der Waals surface area contributed by atoms with Crippen LogP contribution in [0.3, 0.4) is 0 Å². The molecule has 0 radical (unpaired) electrons. The molecule has 1 heterocycles. The van der Waals surface area contributed by atoms with E-state index in [0.29, 0.717) is 5.92 Å². The summed E-state index contributed by atoms with van der Waals surface area (Å²) in [5.74, 6) is 0.561. The number of hydrogen-bond donors (Lipinski definition) is 0. The Morgan fingerprint density at radius 1 is 0.411 bits per heavy atom. The molecule has 270 valence electrons. The molecule has 1 aliphatic carbocycles. The molecule has 0 N–H and O–H groups in total. The van der Waals surface area contributed by atoms with Gasteiger partial charge in [-0.2, -0.15) is 0 Å². The van der Waals surface area contributed by atoms with Crippen molar-refractivity contribution in [1.82, 2.24) is 4.57 Å². The lowest BCUT2D eigenvalue weighted by Crippen LogP contribution is -2.11. The van der Waals surface area contributed by atoms with Gasteiger partial charge in [-0.1, -0.05) is 177 Å². The molecule has 0 atom stereocenters. The average molecular weight is 721 g/mol. The number of benzene rings is 8. The summed E-state index contributed by atoms with van der Waals surface area (Å²) in [5.41, 5.74) is 15.9. The standard InChI is InChI=1S/C54H44N2/c1-5-18-39(19-6-1)40-32-34-44(35-33-40)55(50-29-15-13-26-46(50)41-20-7-2-8-21-41)45-36-37-49-48-27-14-16-30-51(48)56(53(49)38-45)52-31-17-28-47(42-22-9-3-10-23-42)54(52)43-24-11-4-12-25-43/h1-2,4-8,11-21,24-38,42H,3,9-10,22-23H2. The van der Waals surface area contributed by atoms with Gasteiger partial charge in [0, 0.05) is 33.3 Å². The minimum absolute atomic E-state index is 0.561. The molecule has 1 fully saturated rings. The molecule has 0 saturated heterocycles. The fraction of sp³-hybridized carbons (Fsp3) is 0.111. The van der Waals surface area contributed by atoms with E-state index in [2.05, 4.69) is 210 Å². The van der Waals surface area contributed by atoms with Crippen LogP contribution in [0.2, 0.25) is 0 Å². The molecule has 0 spiro atoms. The van der Waals surface area contributed by atoms with Crippen molar-refractivity contribution in [2.24, 2.45) is 0 Å². The van der Waals surface area contributed by atoms with Crippen LogP contribution in [0.4, 0.5) is 17.1 Å². The number of hydrogen-bond acceptors (Lipinski definition) is 1. The first-order chi connectivity index (χ1) is 27.8. The van der Waals surface area contributed by atoms with Crippen molar-refractivity contribution in [2.45, 2.75) is 38.0 Å². The lowest BCUT2D eigenvalue weighted by Gasteiger charge is -2.29. The Balaban J connectivity index is 1.22. The summed E-state index contributed by atoms with van der Waals surface area (Å²) in [6, 6.07) is 73.4. The predicted molar refractivity (Wildman–Crippen MR) is 238 cm³/mol. The minimum atomic E-state index is 0.561. The number of rotatable bonds is 8. The third kappa shape index (κ3) is 6.18. The second-order valence-corrected chi connectivity index (χ2v) is 15.1. The molecule has 1 aromatic heterocycles. The van der Waals surface area contributed by atoms with Crippen LogP contribution in [0, 0.1) is 0 Å². The van der Waals surface area contributed by atoms with Gasteiger partial charge in [0.15, 0.2) is 0 Å². The molecular weight excluding hydrogens is 677 g/mol. The average Bonchev–Trinajstić information content (AvgIpc) is 3.61. The first-order valence-corrected chi connectivity index (χ1v) is 20.1. The van der Waals surface area contributed by atoms with Crippen molar-refractivity contribution < 1.29 is 0 Å².